The molecule has 0 aliphatic carbocycles. The minimum Gasteiger partial charge on any atom is -0.379 e. The highest BCUT2D eigenvalue weighted by atomic mass is 127. The SMILES string of the molecule is CCNC1COCC1C(=O)Nc1ccc(Cl)cc1I. The van der Waals surface area contributed by atoms with Gasteiger partial charge >= 0.3 is 0 Å². The van der Waals surface area contributed by atoms with Crippen LogP contribution in [0.4, 0.5) is 5.69 Å². The summed E-state index contributed by atoms with van der Waals surface area (Å²) in [5, 5.41) is 6.88. The number of rotatable bonds is 4. The third kappa shape index (κ3) is 3.81. The summed E-state index contributed by atoms with van der Waals surface area (Å²) in [4.78, 5) is 12.3. The first-order valence-electron chi connectivity index (χ1n) is 6.19. The molecule has 1 saturated heterocycles. The second kappa shape index (κ2) is 6.88. The fraction of sp³-hybridized carbons (Fsp3) is 0.462. The predicted octanol–water partition coefficient (Wildman–Crippen LogP) is 2.51. The molecule has 2 N–H and O–H groups in total. The van der Waals surface area contributed by atoms with Gasteiger partial charge in [0.15, 0.2) is 0 Å². The molecule has 1 aliphatic rings. The quantitative estimate of drug-likeness (QED) is 0.772. The van der Waals surface area contributed by atoms with Gasteiger partial charge in [0.25, 0.3) is 0 Å². The summed E-state index contributed by atoms with van der Waals surface area (Å²) in [5.41, 5.74) is 0.789. The summed E-state index contributed by atoms with van der Waals surface area (Å²) in [5.74, 6) is -0.157. The summed E-state index contributed by atoms with van der Waals surface area (Å²) in [6.45, 7) is 3.91. The van der Waals surface area contributed by atoms with E-state index in [2.05, 4.69) is 33.2 Å². The van der Waals surface area contributed by atoms with Crippen LogP contribution in [-0.4, -0.2) is 31.7 Å². The summed E-state index contributed by atoms with van der Waals surface area (Å²) >= 11 is 8.06. The summed E-state index contributed by atoms with van der Waals surface area (Å²) in [6, 6.07) is 5.51. The van der Waals surface area contributed by atoms with Crippen molar-refractivity contribution < 1.29 is 9.53 Å². The van der Waals surface area contributed by atoms with Gasteiger partial charge in [-0.1, -0.05) is 18.5 Å². The number of carbonyl (C=O) groups is 1. The number of ether oxygens (including phenoxy) is 1. The van der Waals surface area contributed by atoms with Crippen molar-refractivity contribution in [1.82, 2.24) is 5.32 Å². The van der Waals surface area contributed by atoms with Gasteiger partial charge in [-0.05, 0) is 47.3 Å². The van der Waals surface area contributed by atoms with Crippen LogP contribution in [0.3, 0.4) is 0 Å². The van der Waals surface area contributed by atoms with Gasteiger partial charge in [-0.3, -0.25) is 4.79 Å². The predicted molar refractivity (Wildman–Crippen MR) is 84.6 cm³/mol. The van der Waals surface area contributed by atoms with Crippen LogP contribution in [0.1, 0.15) is 6.92 Å². The topological polar surface area (TPSA) is 50.4 Å². The van der Waals surface area contributed by atoms with Crippen LogP contribution in [0.2, 0.25) is 5.02 Å². The van der Waals surface area contributed by atoms with Crippen molar-refractivity contribution in [3.63, 3.8) is 0 Å². The van der Waals surface area contributed by atoms with E-state index in [9.17, 15) is 4.79 Å². The van der Waals surface area contributed by atoms with E-state index in [-0.39, 0.29) is 17.9 Å². The number of hydrogen-bond acceptors (Lipinski definition) is 3. The molecule has 19 heavy (non-hydrogen) atoms. The Morgan fingerprint density at radius 2 is 2.32 bits per heavy atom. The highest BCUT2D eigenvalue weighted by molar-refractivity contribution is 14.1. The zero-order valence-electron chi connectivity index (χ0n) is 10.6. The number of likely N-dealkylation sites (N-methyl/N-ethyl adjacent to an activating group) is 1. The van der Waals surface area contributed by atoms with Crippen LogP contribution in [0.5, 0.6) is 0 Å². The Morgan fingerprint density at radius 3 is 3.00 bits per heavy atom. The van der Waals surface area contributed by atoms with E-state index in [4.69, 9.17) is 16.3 Å². The number of nitrogens with one attached hydrogen (secondary N) is 2. The molecule has 0 aromatic heterocycles. The van der Waals surface area contributed by atoms with Gasteiger partial charge in [0.2, 0.25) is 5.91 Å². The van der Waals surface area contributed by atoms with Crippen LogP contribution >= 0.6 is 34.2 Å². The Kier molecular flexibility index (Phi) is 5.44. The van der Waals surface area contributed by atoms with Gasteiger partial charge in [-0.15, -0.1) is 0 Å². The molecule has 1 aromatic rings. The van der Waals surface area contributed by atoms with Crippen LogP contribution in [0.25, 0.3) is 0 Å². The van der Waals surface area contributed by atoms with E-state index in [1.807, 2.05) is 19.1 Å². The third-order valence-electron chi connectivity index (χ3n) is 3.07. The molecule has 1 amide bonds. The smallest absolute Gasteiger partial charge is 0.231 e. The van der Waals surface area contributed by atoms with Crippen molar-refractivity contribution in [2.45, 2.75) is 13.0 Å². The average Bonchev–Trinajstić information content (AvgIpc) is 2.81. The fourth-order valence-corrected chi connectivity index (χ4v) is 3.10. The zero-order valence-corrected chi connectivity index (χ0v) is 13.5. The second-order valence-electron chi connectivity index (χ2n) is 4.42. The summed E-state index contributed by atoms with van der Waals surface area (Å²) < 4.78 is 6.31. The van der Waals surface area contributed by atoms with Crippen molar-refractivity contribution >= 4 is 45.8 Å². The van der Waals surface area contributed by atoms with Gasteiger partial charge in [-0.2, -0.15) is 0 Å². The maximum absolute atomic E-state index is 12.3. The molecule has 6 heteroatoms. The number of benzene rings is 1. The molecule has 2 rings (SSSR count). The van der Waals surface area contributed by atoms with E-state index >= 15 is 0 Å². The first-order valence-corrected chi connectivity index (χ1v) is 7.64. The monoisotopic (exact) mass is 394 g/mol. The number of hydrogen-bond donors (Lipinski definition) is 2. The largest absolute Gasteiger partial charge is 0.379 e. The normalized spacial score (nSPS) is 22.5. The van der Waals surface area contributed by atoms with Crippen LogP contribution < -0.4 is 10.6 Å². The molecule has 1 fully saturated rings. The molecule has 1 aromatic carbocycles. The highest BCUT2D eigenvalue weighted by Gasteiger charge is 2.33. The maximum Gasteiger partial charge on any atom is 0.231 e. The minimum absolute atomic E-state index is 0.0105. The fourth-order valence-electron chi connectivity index (χ4n) is 2.09. The molecule has 104 valence electrons. The number of anilines is 1. The number of amides is 1. The van der Waals surface area contributed by atoms with Crippen LogP contribution in [0.15, 0.2) is 18.2 Å². The molecule has 4 nitrogen and oxygen atoms in total. The Hall–Kier alpha value is -0.370. The van der Waals surface area contributed by atoms with E-state index < -0.39 is 0 Å². The standard InChI is InChI=1S/C13H16ClIN2O2/c1-2-16-12-7-19-6-9(12)13(18)17-11-4-3-8(14)5-10(11)15/h3-5,9,12,16H,2,6-7H2,1H3,(H,17,18). The van der Waals surface area contributed by atoms with Crippen molar-refractivity contribution in [1.29, 1.82) is 0 Å². The van der Waals surface area contributed by atoms with Gasteiger partial charge < -0.3 is 15.4 Å². The molecule has 1 aliphatic heterocycles. The lowest BCUT2D eigenvalue weighted by molar-refractivity contribution is -0.120. The van der Waals surface area contributed by atoms with E-state index in [1.165, 1.54) is 0 Å². The van der Waals surface area contributed by atoms with Crippen LogP contribution in [-0.2, 0) is 9.53 Å². The van der Waals surface area contributed by atoms with E-state index in [0.29, 0.717) is 18.2 Å². The molecule has 0 radical (unpaired) electrons. The van der Waals surface area contributed by atoms with E-state index in [0.717, 1.165) is 15.8 Å². The Balaban J connectivity index is 2.04. The maximum atomic E-state index is 12.3. The van der Waals surface area contributed by atoms with Crippen molar-refractivity contribution in [2.75, 3.05) is 25.1 Å². The summed E-state index contributed by atoms with van der Waals surface area (Å²) in [7, 11) is 0. The van der Waals surface area contributed by atoms with Crippen molar-refractivity contribution in [3.8, 4) is 0 Å². The minimum atomic E-state index is -0.147. The van der Waals surface area contributed by atoms with E-state index in [1.54, 1.807) is 6.07 Å². The van der Waals surface area contributed by atoms with Gasteiger partial charge in [0, 0.05) is 14.6 Å². The second-order valence-corrected chi connectivity index (χ2v) is 6.02. The lowest BCUT2D eigenvalue weighted by atomic mass is 10.0. The lowest BCUT2D eigenvalue weighted by Gasteiger charge is -2.18. The first kappa shape index (κ1) is 15.0. The molecule has 2 atom stereocenters. The lowest BCUT2D eigenvalue weighted by Crippen LogP contribution is -2.41. The molecule has 0 spiro atoms. The molecular formula is C13H16ClIN2O2. The first-order chi connectivity index (χ1) is 9.11. The molecule has 0 bridgehead atoms. The molecule has 0 saturated carbocycles. The molecule has 2 unspecified atom stereocenters. The Bertz CT molecular complexity index is 470. The van der Waals surface area contributed by atoms with Crippen molar-refractivity contribution in [2.24, 2.45) is 5.92 Å². The average molecular weight is 395 g/mol. The number of carbonyl (C=O) groups excluding carboxylic acids is 1. The zero-order chi connectivity index (χ0) is 13.8. The Morgan fingerprint density at radius 1 is 1.53 bits per heavy atom. The van der Waals surface area contributed by atoms with Gasteiger partial charge in [-0.25, -0.2) is 0 Å². The third-order valence-corrected chi connectivity index (χ3v) is 4.20. The van der Waals surface area contributed by atoms with Crippen LogP contribution in [0, 0.1) is 9.49 Å². The highest BCUT2D eigenvalue weighted by Crippen LogP contribution is 2.24. The van der Waals surface area contributed by atoms with Gasteiger partial charge in [0.1, 0.15) is 0 Å². The molecular weight excluding hydrogens is 379 g/mol. The Labute approximate surface area is 131 Å². The number of halogens is 2. The van der Waals surface area contributed by atoms with Gasteiger partial charge in [0.05, 0.1) is 24.8 Å². The van der Waals surface area contributed by atoms with Crippen molar-refractivity contribution in [3.05, 3.63) is 26.8 Å². The summed E-state index contributed by atoms with van der Waals surface area (Å²) in [6.07, 6.45) is 0. The molecule has 1 heterocycles.